The number of ether oxygens (including phenoxy) is 6. The van der Waals surface area contributed by atoms with Crippen LogP contribution >= 0.6 is 0 Å². The Morgan fingerprint density at radius 1 is 0.700 bits per heavy atom. The van der Waals surface area contributed by atoms with E-state index >= 15 is 0 Å². The number of aliphatic hydroxyl groups is 8. The molecule has 274 valence electrons. The maximum atomic E-state index is 14.1. The Morgan fingerprint density at radius 2 is 1.32 bits per heavy atom. The number of phenolic OH excluding ortho intramolecular Hbond substituents is 2. The highest BCUT2D eigenvalue weighted by Crippen LogP contribution is 2.39. The molecule has 18 nitrogen and oxygen atoms in total. The number of phenols is 2. The SMILES string of the molecule is C[C@@H]1O[C@@H](Oc2cc(O)c3c(=O)c(O[C@@H]4O[C@@H](C)[C@H](O)[C@@H](O)[C@H]4OC4OC[C@@H](O)[C@H](O)[C@H]4O)c(-c4ccc(O)cc4)oc3c2)[C@H](O)[C@H](O)[C@H]1O. The van der Waals surface area contributed by atoms with Crippen LogP contribution in [-0.2, 0) is 18.9 Å². The van der Waals surface area contributed by atoms with Crippen LogP contribution in [0, 0.1) is 0 Å². The van der Waals surface area contributed by atoms with E-state index in [9.17, 15) is 55.9 Å². The normalized spacial score (nSPS) is 37.8. The molecule has 3 aliphatic heterocycles. The Hall–Kier alpha value is -3.63. The highest BCUT2D eigenvalue weighted by molar-refractivity contribution is 5.88. The monoisotopic (exact) mass is 710 g/mol. The lowest BCUT2D eigenvalue weighted by Gasteiger charge is -2.44. The minimum Gasteiger partial charge on any atom is -0.508 e. The number of aromatic hydroxyl groups is 2. The second kappa shape index (κ2) is 14.2. The molecular formula is C32H38O18. The average Bonchev–Trinajstić information content (AvgIpc) is 3.08. The predicted molar refractivity (Wildman–Crippen MR) is 164 cm³/mol. The lowest BCUT2D eigenvalue weighted by atomic mass is 9.99. The number of rotatable bonds is 7. The second-order valence-corrected chi connectivity index (χ2v) is 12.4. The smallest absolute Gasteiger partial charge is 0.239 e. The van der Waals surface area contributed by atoms with E-state index in [0.29, 0.717) is 0 Å². The molecule has 0 saturated carbocycles. The minimum absolute atomic E-state index is 0.131. The van der Waals surface area contributed by atoms with E-state index < -0.39 is 115 Å². The second-order valence-electron chi connectivity index (χ2n) is 12.4. The van der Waals surface area contributed by atoms with Gasteiger partial charge in [-0.25, -0.2) is 0 Å². The molecule has 4 heterocycles. The van der Waals surface area contributed by atoms with Crippen molar-refractivity contribution in [1.82, 2.24) is 0 Å². The van der Waals surface area contributed by atoms with E-state index in [1.54, 1.807) is 0 Å². The summed E-state index contributed by atoms with van der Waals surface area (Å²) in [6.07, 6.45) is -21.5. The topological polar surface area (TPSA) is 288 Å². The third kappa shape index (κ3) is 6.73. The van der Waals surface area contributed by atoms with Gasteiger partial charge in [-0.3, -0.25) is 4.79 Å². The number of benzene rings is 2. The predicted octanol–water partition coefficient (Wildman–Crippen LogP) is -2.25. The van der Waals surface area contributed by atoms with Gasteiger partial charge in [-0.1, -0.05) is 0 Å². The summed E-state index contributed by atoms with van der Waals surface area (Å²) >= 11 is 0. The first-order valence-electron chi connectivity index (χ1n) is 15.6. The van der Waals surface area contributed by atoms with E-state index in [1.165, 1.54) is 44.2 Å². The molecule has 14 atom stereocenters. The van der Waals surface area contributed by atoms with Crippen molar-refractivity contribution in [3.8, 4) is 34.3 Å². The van der Waals surface area contributed by atoms with Crippen molar-refractivity contribution < 1.29 is 83.9 Å². The van der Waals surface area contributed by atoms with E-state index in [4.69, 9.17) is 32.8 Å². The molecule has 3 aromatic rings. The van der Waals surface area contributed by atoms with Crippen molar-refractivity contribution in [1.29, 1.82) is 0 Å². The van der Waals surface area contributed by atoms with Gasteiger partial charge in [0.15, 0.2) is 18.2 Å². The lowest BCUT2D eigenvalue weighted by molar-refractivity contribution is -0.341. The van der Waals surface area contributed by atoms with Crippen LogP contribution in [0.25, 0.3) is 22.3 Å². The third-order valence-electron chi connectivity index (χ3n) is 8.86. The first kappa shape index (κ1) is 36.2. The Kier molecular flexibility index (Phi) is 10.3. The summed E-state index contributed by atoms with van der Waals surface area (Å²) in [7, 11) is 0. The number of fused-ring (bicyclic) bond motifs is 1. The molecular weight excluding hydrogens is 672 g/mol. The number of hydrogen-bond acceptors (Lipinski definition) is 18. The highest BCUT2D eigenvalue weighted by atomic mass is 16.8. The fourth-order valence-electron chi connectivity index (χ4n) is 5.89. The van der Waals surface area contributed by atoms with Crippen LogP contribution in [0.1, 0.15) is 13.8 Å². The van der Waals surface area contributed by atoms with Gasteiger partial charge in [0.25, 0.3) is 0 Å². The summed E-state index contributed by atoms with van der Waals surface area (Å²) in [4.78, 5) is 14.1. The summed E-state index contributed by atoms with van der Waals surface area (Å²) in [5, 5.41) is 103. The summed E-state index contributed by atoms with van der Waals surface area (Å²) in [5.41, 5.74) is -1.06. The molecule has 3 saturated heterocycles. The summed E-state index contributed by atoms with van der Waals surface area (Å²) < 4.78 is 40.0. The zero-order valence-electron chi connectivity index (χ0n) is 26.5. The van der Waals surface area contributed by atoms with Crippen LogP contribution in [0.5, 0.6) is 23.0 Å². The standard InChI is InChI=1S/C32H38O18/c1-10-19(36)23(40)26(43)31(45-10)47-14-7-15(34)18-17(8-14)48-27(12-3-5-13(33)6-4-12)28(22(18)39)49-32-29(24(41)20(37)11(2)46-32)50-30-25(42)21(38)16(35)9-44-30/h3-8,10-11,16,19-21,23-26,29-38,40-43H,9H2,1-2H3/t10-,11-,16+,19-,20-,21-,23+,24+,25+,26+,29+,30?,31-,32-/m0/s1. The summed E-state index contributed by atoms with van der Waals surface area (Å²) in [6, 6.07) is 7.53. The average molecular weight is 711 g/mol. The zero-order chi connectivity index (χ0) is 36.2. The van der Waals surface area contributed by atoms with Gasteiger partial charge in [0.2, 0.25) is 23.8 Å². The van der Waals surface area contributed by atoms with E-state index in [2.05, 4.69) is 0 Å². The molecule has 3 fully saturated rings. The Labute approximate surface area is 282 Å². The minimum atomic E-state index is -1.80. The molecule has 0 spiro atoms. The van der Waals surface area contributed by atoms with E-state index in [-0.39, 0.29) is 28.4 Å². The Bertz CT molecular complexity index is 1710. The summed E-state index contributed by atoms with van der Waals surface area (Å²) in [6.45, 7) is 2.40. The van der Waals surface area contributed by atoms with Crippen molar-refractivity contribution in [2.24, 2.45) is 0 Å². The Balaban J connectivity index is 1.40. The van der Waals surface area contributed by atoms with E-state index in [0.717, 1.165) is 6.07 Å². The third-order valence-corrected chi connectivity index (χ3v) is 8.86. The quantitative estimate of drug-likeness (QED) is 0.124. The van der Waals surface area contributed by atoms with Gasteiger partial charge >= 0.3 is 0 Å². The molecule has 2 aromatic carbocycles. The maximum absolute atomic E-state index is 14.1. The van der Waals surface area contributed by atoms with Gasteiger partial charge in [-0.2, -0.15) is 0 Å². The fraction of sp³-hybridized carbons (Fsp3) is 0.531. The molecule has 18 heteroatoms. The number of aliphatic hydroxyl groups excluding tert-OH is 8. The van der Waals surface area contributed by atoms with Crippen LogP contribution < -0.4 is 14.9 Å². The van der Waals surface area contributed by atoms with E-state index in [1.807, 2.05) is 0 Å². The van der Waals surface area contributed by atoms with Gasteiger partial charge in [-0.05, 0) is 38.1 Å². The molecule has 1 aromatic heterocycles. The van der Waals surface area contributed by atoms with Gasteiger partial charge in [0, 0.05) is 17.7 Å². The van der Waals surface area contributed by atoms with Gasteiger partial charge in [0.1, 0.15) is 77.0 Å². The van der Waals surface area contributed by atoms with Crippen LogP contribution in [0.4, 0.5) is 0 Å². The number of hydrogen-bond donors (Lipinski definition) is 10. The van der Waals surface area contributed by atoms with Crippen molar-refractivity contribution >= 4 is 11.0 Å². The molecule has 0 amide bonds. The van der Waals surface area contributed by atoms with Gasteiger partial charge in [-0.15, -0.1) is 0 Å². The van der Waals surface area contributed by atoms with Crippen molar-refractivity contribution in [3.63, 3.8) is 0 Å². The molecule has 0 radical (unpaired) electrons. The van der Waals surface area contributed by atoms with Crippen molar-refractivity contribution in [2.75, 3.05) is 6.61 Å². The fourth-order valence-corrected chi connectivity index (χ4v) is 5.89. The van der Waals surface area contributed by atoms with Crippen molar-refractivity contribution in [3.05, 3.63) is 46.6 Å². The molecule has 0 bridgehead atoms. The molecule has 10 N–H and O–H groups in total. The highest BCUT2D eigenvalue weighted by Gasteiger charge is 2.49. The molecule has 1 unspecified atom stereocenters. The lowest BCUT2D eigenvalue weighted by Crippen LogP contribution is -2.62. The van der Waals surface area contributed by atoms with Crippen LogP contribution in [0.15, 0.2) is 45.6 Å². The van der Waals surface area contributed by atoms with Crippen LogP contribution in [0.2, 0.25) is 0 Å². The molecule has 0 aliphatic carbocycles. The molecule has 3 aliphatic rings. The first-order valence-corrected chi connectivity index (χ1v) is 15.6. The van der Waals surface area contributed by atoms with Crippen LogP contribution in [0.3, 0.4) is 0 Å². The maximum Gasteiger partial charge on any atom is 0.239 e. The van der Waals surface area contributed by atoms with Crippen LogP contribution in [-0.4, -0.2) is 144 Å². The Morgan fingerprint density at radius 3 is 2.00 bits per heavy atom. The molecule has 50 heavy (non-hydrogen) atoms. The zero-order valence-corrected chi connectivity index (χ0v) is 26.5. The van der Waals surface area contributed by atoms with Gasteiger partial charge < -0.3 is 83.9 Å². The first-order chi connectivity index (χ1) is 23.7. The largest absolute Gasteiger partial charge is 0.508 e. The van der Waals surface area contributed by atoms with Crippen molar-refractivity contribution in [2.45, 2.75) is 99.9 Å². The molecule has 6 rings (SSSR count). The summed E-state index contributed by atoms with van der Waals surface area (Å²) in [5.74, 6) is -1.84. The van der Waals surface area contributed by atoms with Gasteiger partial charge in [0.05, 0.1) is 18.8 Å².